The molecule has 0 radical (unpaired) electrons. The predicted octanol–water partition coefficient (Wildman–Crippen LogP) is 3.66. The quantitative estimate of drug-likeness (QED) is 0.658. The number of likely N-dealkylation sites (tertiary alicyclic amines) is 1. The average Bonchev–Trinajstić information content (AvgIpc) is 2.75. The van der Waals surface area contributed by atoms with Gasteiger partial charge in [-0.1, -0.05) is 19.4 Å². The molecule has 0 spiro atoms. The van der Waals surface area contributed by atoms with Crippen LogP contribution in [0.4, 0.5) is 5.69 Å². The number of aryl methyl sites for hydroxylation is 1. The molecule has 1 aromatic carbocycles. The Morgan fingerprint density at radius 1 is 1.23 bits per heavy atom. The van der Waals surface area contributed by atoms with E-state index in [2.05, 4.69) is 17.1 Å². The topological polar surface area (TPSA) is 61.9 Å². The van der Waals surface area contributed by atoms with Crippen molar-refractivity contribution in [2.24, 2.45) is 0 Å². The molecule has 2 aliphatic rings. The van der Waals surface area contributed by atoms with Gasteiger partial charge in [-0.2, -0.15) is 0 Å². The summed E-state index contributed by atoms with van der Waals surface area (Å²) in [6.45, 7) is 9.64. The van der Waals surface area contributed by atoms with Gasteiger partial charge in [-0.25, -0.2) is 0 Å². The molecule has 2 heterocycles. The normalized spacial score (nSPS) is 21.6. The van der Waals surface area contributed by atoms with Gasteiger partial charge in [0.2, 0.25) is 11.8 Å². The summed E-state index contributed by atoms with van der Waals surface area (Å²) in [5.74, 6) is 0.673. The van der Waals surface area contributed by atoms with Crippen molar-refractivity contribution in [1.29, 1.82) is 0 Å². The highest BCUT2D eigenvalue weighted by atomic mass is 16.5. The number of benzene rings is 1. The SMILES string of the molecule is CCC1CCCCN1CCCNC(=O)CCC(=O)N1CC(C)Oc2ccc(C)cc21. The molecular formula is C24H37N3O3. The molecule has 166 valence electrons. The second kappa shape index (κ2) is 10.8. The van der Waals surface area contributed by atoms with E-state index in [0.717, 1.165) is 30.0 Å². The number of carbonyl (C=O) groups excluding carboxylic acids is 2. The average molecular weight is 416 g/mol. The minimum absolute atomic E-state index is 0.0220. The number of nitrogens with zero attached hydrogens (tertiary/aromatic N) is 2. The fourth-order valence-corrected chi connectivity index (χ4v) is 4.55. The van der Waals surface area contributed by atoms with Crippen molar-refractivity contribution in [2.75, 3.05) is 31.1 Å². The minimum atomic E-state index is -0.0558. The van der Waals surface area contributed by atoms with Crippen molar-refractivity contribution in [3.63, 3.8) is 0 Å². The summed E-state index contributed by atoms with van der Waals surface area (Å²) < 4.78 is 5.85. The zero-order valence-corrected chi connectivity index (χ0v) is 18.8. The zero-order chi connectivity index (χ0) is 21.5. The van der Waals surface area contributed by atoms with Crippen LogP contribution in [0.25, 0.3) is 0 Å². The molecule has 0 saturated carbocycles. The number of rotatable bonds is 8. The van der Waals surface area contributed by atoms with E-state index in [1.807, 2.05) is 32.0 Å². The van der Waals surface area contributed by atoms with Gasteiger partial charge in [0.25, 0.3) is 0 Å². The second-order valence-electron chi connectivity index (χ2n) is 8.70. The summed E-state index contributed by atoms with van der Waals surface area (Å²) in [7, 11) is 0. The molecular weight excluding hydrogens is 378 g/mol. The van der Waals surface area contributed by atoms with Gasteiger partial charge < -0.3 is 19.9 Å². The lowest BCUT2D eigenvalue weighted by Crippen LogP contribution is -2.42. The first-order valence-electron chi connectivity index (χ1n) is 11.6. The summed E-state index contributed by atoms with van der Waals surface area (Å²) in [5, 5.41) is 2.99. The van der Waals surface area contributed by atoms with Crippen LogP contribution in [0.2, 0.25) is 0 Å². The lowest BCUT2D eigenvalue weighted by molar-refractivity contribution is -0.125. The number of ether oxygens (including phenoxy) is 1. The van der Waals surface area contributed by atoms with E-state index >= 15 is 0 Å². The largest absolute Gasteiger partial charge is 0.487 e. The lowest BCUT2D eigenvalue weighted by atomic mass is 10.00. The first-order chi connectivity index (χ1) is 14.5. The molecule has 3 rings (SSSR count). The fraction of sp³-hybridized carbons (Fsp3) is 0.667. The maximum atomic E-state index is 12.8. The highest BCUT2D eigenvalue weighted by Crippen LogP contribution is 2.34. The van der Waals surface area contributed by atoms with Crippen molar-refractivity contribution in [3.05, 3.63) is 23.8 Å². The highest BCUT2D eigenvalue weighted by Gasteiger charge is 2.27. The predicted molar refractivity (Wildman–Crippen MR) is 120 cm³/mol. The van der Waals surface area contributed by atoms with E-state index in [1.165, 1.54) is 32.2 Å². The van der Waals surface area contributed by atoms with Crippen LogP contribution in [0, 0.1) is 6.92 Å². The van der Waals surface area contributed by atoms with Crippen molar-refractivity contribution in [3.8, 4) is 5.75 Å². The molecule has 6 nitrogen and oxygen atoms in total. The van der Waals surface area contributed by atoms with Crippen molar-refractivity contribution in [1.82, 2.24) is 10.2 Å². The van der Waals surface area contributed by atoms with Gasteiger partial charge in [0, 0.05) is 32.0 Å². The molecule has 30 heavy (non-hydrogen) atoms. The van der Waals surface area contributed by atoms with Gasteiger partial charge >= 0.3 is 0 Å². The Labute approximate surface area is 180 Å². The Hall–Kier alpha value is -2.08. The van der Waals surface area contributed by atoms with E-state index in [9.17, 15) is 9.59 Å². The number of nitrogens with one attached hydrogen (secondary N) is 1. The molecule has 2 aliphatic heterocycles. The number of hydrogen-bond acceptors (Lipinski definition) is 4. The van der Waals surface area contributed by atoms with Crippen LogP contribution in [0.15, 0.2) is 18.2 Å². The van der Waals surface area contributed by atoms with Crippen LogP contribution in [-0.4, -0.2) is 55.0 Å². The smallest absolute Gasteiger partial charge is 0.227 e. The summed E-state index contributed by atoms with van der Waals surface area (Å²) >= 11 is 0. The third-order valence-electron chi connectivity index (χ3n) is 6.20. The first kappa shape index (κ1) is 22.6. The number of fused-ring (bicyclic) bond motifs is 1. The molecule has 0 aromatic heterocycles. The van der Waals surface area contributed by atoms with Gasteiger partial charge in [0.05, 0.1) is 12.2 Å². The number of hydrogen-bond donors (Lipinski definition) is 1. The molecule has 2 unspecified atom stereocenters. The molecule has 2 amide bonds. The van der Waals surface area contributed by atoms with Gasteiger partial charge in [-0.15, -0.1) is 0 Å². The van der Waals surface area contributed by atoms with E-state index in [0.29, 0.717) is 19.1 Å². The Balaban J connectivity index is 1.41. The Kier molecular flexibility index (Phi) is 8.14. The van der Waals surface area contributed by atoms with Crippen molar-refractivity contribution >= 4 is 17.5 Å². The van der Waals surface area contributed by atoms with Gasteiger partial charge in [-0.05, 0) is 63.8 Å². The standard InChI is InChI=1S/C24H37N3O3/c1-4-20-8-5-6-14-26(20)15-7-13-25-23(28)11-12-24(29)27-17-19(3)30-22-10-9-18(2)16-21(22)27/h9-10,16,19-20H,4-8,11-15,17H2,1-3H3,(H,25,28). The summed E-state index contributed by atoms with van der Waals surface area (Å²) in [5.41, 5.74) is 1.90. The van der Waals surface area contributed by atoms with Crippen LogP contribution >= 0.6 is 0 Å². The minimum Gasteiger partial charge on any atom is -0.487 e. The van der Waals surface area contributed by atoms with Crippen LogP contribution in [0.3, 0.4) is 0 Å². The maximum absolute atomic E-state index is 12.8. The first-order valence-corrected chi connectivity index (χ1v) is 11.6. The molecule has 6 heteroatoms. The van der Waals surface area contributed by atoms with E-state index < -0.39 is 0 Å². The highest BCUT2D eigenvalue weighted by molar-refractivity contribution is 5.97. The van der Waals surface area contributed by atoms with Crippen molar-refractivity contribution < 1.29 is 14.3 Å². The fourth-order valence-electron chi connectivity index (χ4n) is 4.55. The summed E-state index contributed by atoms with van der Waals surface area (Å²) in [6.07, 6.45) is 6.48. The van der Waals surface area contributed by atoms with Gasteiger partial charge in [-0.3, -0.25) is 9.59 Å². The molecule has 0 bridgehead atoms. The molecule has 1 aromatic rings. The van der Waals surface area contributed by atoms with Crippen LogP contribution in [-0.2, 0) is 9.59 Å². The zero-order valence-electron chi connectivity index (χ0n) is 18.8. The molecule has 1 fully saturated rings. The van der Waals surface area contributed by atoms with Crippen molar-refractivity contribution in [2.45, 2.75) is 77.9 Å². The van der Waals surface area contributed by atoms with Gasteiger partial charge in [0.15, 0.2) is 0 Å². The lowest BCUT2D eigenvalue weighted by Gasteiger charge is -2.35. The second-order valence-corrected chi connectivity index (χ2v) is 8.70. The third-order valence-corrected chi connectivity index (χ3v) is 6.20. The van der Waals surface area contributed by atoms with E-state index in [1.54, 1.807) is 4.90 Å². The Bertz CT molecular complexity index is 736. The van der Waals surface area contributed by atoms with E-state index in [-0.39, 0.29) is 30.8 Å². The molecule has 0 aliphatic carbocycles. The van der Waals surface area contributed by atoms with Gasteiger partial charge in [0.1, 0.15) is 11.9 Å². The van der Waals surface area contributed by atoms with Crippen LogP contribution in [0.5, 0.6) is 5.75 Å². The Morgan fingerprint density at radius 3 is 2.87 bits per heavy atom. The van der Waals surface area contributed by atoms with Crippen LogP contribution in [0.1, 0.15) is 64.4 Å². The monoisotopic (exact) mass is 415 g/mol. The number of anilines is 1. The summed E-state index contributed by atoms with van der Waals surface area (Å²) in [6, 6.07) is 6.58. The molecule has 1 saturated heterocycles. The van der Waals surface area contributed by atoms with E-state index in [4.69, 9.17) is 4.74 Å². The Morgan fingerprint density at radius 2 is 2.07 bits per heavy atom. The number of piperidine rings is 1. The third kappa shape index (κ3) is 5.97. The number of amides is 2. The maximum Gasteiger partial charge on any atom is 0.227 e. The number of carbonyl (C=O) groups is 2. The summed E-state index contributed by atoms with van der Waals surface area (Å²) in [4.78, 5) is 29.4. The molecule has 1 N–H and O–H groups in total. The van der Waals surface area contributed by atoms with Crippen LogP contribution < -0.4 is 15.0 Å². The molecule has 2 atom stereocenters.